The molecule has 0 fully saturated rings. The average Bonchev–Trinajstić information content (AvgIpc) is 3.00. The number of carbonyl (C=O) groups excluding carboxylic acids is 2. The van der Waals surface area contributed by atoms with E-state index in [0.29, 0.717) is 43.8 Å². The van der Waals surface area contributed by atoms with Gasteiger partial charge in [0.2, 0.25) is 0 Å². The maximum atomic E-state index is 11.9. The van der Waals surface area contributed by atoms with Crippen LogP contribution in [0.5, 0.6) is 46.0 Å². The molecule has 0 heterocycles. The van der Waals surface area contributed by atoms with Crippen LogP contribution in [0.2, 0.25) is 0 Å². The number of hydrogen-bond donors (Lipinski definition) is 4. The van der Waals surface area contributed by atoms with E-state index in [-0.39, 0.29) is 46.2 Å². The molecule has 4 N–H and O–H groups in total. The summed E-state index contributed by atoms with van der Waals surface area (Å²) in [7, 11) is 5.74. The summed E-state index contributed by atoms with van der Waals surface area (Å²) in [4.78, 5) is 23.8. The number of ether oxygens (including phenoxy) is 6. The van der Waals surface area contributed by atoms with Crippen molar-refractivity contribution in [3.8, 4) is 46.0 Å². The molecule has 0 aliphatic carbocycles. The smallest absolute Gasteiger partial charge is 0.302 e. The van der Waals surface area contributed by atoms with Crippen molar-refractivity contribution in [2.24, 2.45) is 0 Å². The SMILES string of the molecule is COc1cc(OC)c2c3c(OC)cc(OC)c4c(O)c(O)c(C[C@@H](C)OC(C)=O)c(c5c(C[C@@H](C)OC(C)=O)c(O)c(O)c1c25)c43. The number of benzene rings is 5. The Balaban J connectivity index is 2.22. The van der Waals surface area contributed by atoms with Gasteiger partial charge in [-0.15, -0.1) is 0 Å². The van der Waals surface area contributed by atoms with Gasteiger partial charge in [0.15, 0.2) is 23.0 Å². The van der Waals surface area contributed by atoms with Crippen LogP contribution in [0, 0.1) is 0 Å². The summed E-state index contributed by atoms with van der Waals surface area (Å²) >= 11 is 0. The van der Waals surface area contributed by atoms with Crippen LogP contribution in [0.15, 0.2) is 12.1 Å². The second kappa shape index (κ2) is 11.9. The lowest BCUT2D eigenvalue weighted by molar-refractivity contribution is -0.146. The molecular formula is C34H36O12. The molecule has 5 aromatic rings. The number of methoxy groups -OCH3 is 4. The number of carbonyl (C=O) groups is 2. The Morgan fingerprint density at radius 2 is 0.826 bits per heavy atom. The molecule has 244 valence electrons. The minimum absolute atomic E-state index is 0.0677. The van der Waals surface area contributed by atoms with Gasteiger partial charge in [-0.25, -0.2) is 0 Å². The second-order valence-corrected chi connectivity index (χ2v) is 11.2. The molecule has 0 spiro atoms. The topological polar surface area (TPSA) is 170 Å². The van der Waals surface area contributed by atoms with Crippen LogP contribution >= 0.6 is 0 Å². The minimum Gasteiger partial charge on any atom is -0.504 e. The van der Waals surface area contributed by atoms with Crippen LogP contribution in [0.4, 0.5) is 0 Å². The monoisotopic (exact) mass is 636 g/mol. The number of phenolic OH excluding ortho intramolecular Hbond substituents is 4. The molecule has 0 aromatic heterocycles. The first-order valence-electron chi connectivity index (χ1n) is 14.5. The summed E-state index contributed by atoms with van der Waals surface area (Å²) < 4.78 is 33.9. The van der Waals surface area contributed by atoms with E-state index in [9.17, 15) is 30.0 Å². The van der Waals surface area contributed by atoms with Crippen molar-refractivity contribution in [3.05, 3.63) is 23.3 Å². The Kier molecular flexibility index (Phi) is 8.33. The van der Waals surface area contributed by atoms with Crippen molar-refractivity contribution in [3.63, 3.8) is 0 Å². The summed E-state index contributed by atoms with van der Waals surface area (Å²) in [6, 6.07) is 3.12. The van der Waals surface area contributed by atoms with Crippen LogP contribution in [-0.2, 0) is 31.9 Å². The molecule has 12 heteroatoms. The van der Waals surface area contributed by atoms with E-state index < -0.39 is 47.1 Å². The molecule has 12 nitrogen and oxygen atoms in total. The molecule has 0 saturated carbocycles. The maximum Gasteiger partial charge on any atom is 0.302 e. The van der Waals surface area contributed by atoms with Crippen molar-refractivity contribution >= 4 is 55.0 Å². The van der Waals surface area contributed by atoms with Crippen molar-refractivity contribution in [1.82, 2.24) is 0 Å². The van der Waals surface area contributed by atoms with Crippen molar-refractivity contribution in [1.29, 1.82) is 0 Å². The lowest BCUT2D eigenvalue weighted by atomic mass is 9.81. The average molecular weight is 637 g/mol. The Labute approximate surface area is 263 Å². The van der Waals surface area contributed by atoms with Gasteiger partial charge in [-0.2, -0.15) is 0 Å². The molecule has 2 atom stereocenters. The Morgan fingerprint density at radius 1 is 0.522 bits per heavy atom. The Bertz CT molecular complexity index is 1880. The molecule has 0 unspecified atom stereocenters. The van der Waals surface area contributed by atoms with Gasteiger partial charge in [0.1, 0.15) is 35.2 Å². The van der Waals surface area contributed by atoms with Gasteiger partial charge in [-0.3, -0.25) is 9.59 Å². The second-order valence-electron chi connectivity index (χ2n) is 11.2. The third-order valence-electron chi connectivity index (χ3n) is 8.20. The first-order valence-corrected chi connectivity index (χ1v) is 14.5. The fraction of sp³-hybridized carbons (Fsp3) is 0.353. The van der Waals surface area contributed by atoms with Crippen molar-refractivity contribution in [2.45, 2.75) is 52.7 Å². The lowest BCUT2D eigenvalue weighted by Crippen LogP contribution is -2.16. The molecule has 46 heavy (non-hydrogen) atoms. The van der Waals surface area contributed by atoms with Gasteiger partial charge in [-0.1, -0.05) is 0 Å². The number of esters is 2. The highest BCUT2D eigenvalue weighted by molar-refractivity contribution is 6.39. The fourth-order valence-corrected chi connectivity index (χ4v) is 6.62. The molecule has 0 bridgehead atoms. The van der Waals surface area contributed by atoms with E-state index in [1.165, 1.54) is 42.3 Å². The van der Waals surface area contributed by atoms with Gasteiger partial charge in [-0.05, 0) is 24.6 Å². The van der Waals surface area contributed by atoms with Crippen LogP contribution in [0.25, 0.3) is 43.1 Å². The molecule has 0 amide bonds. The number of fused-ring (bicyclic) bond motifs is 2. The van der Waals surface area contributed by atoms with Gasteiger partial charge < -0.3 is 48.8 Å². The van der Waals surface area contributed by atoms with Crippen molar-refractivity contribution < 1.29 is 58.4 Å². The highest BCUT2D eigenvalue weighted by Gasteiger charge is 2.33. The number of hydrogen-bond acceptors (Lipinski definition) is 12. The van der Waals surface area contributed by atoms with Gasteiger partial charge in [0, 0.05) is 71.5 Å². The molecule has 0 aliphatic rings. The lowest BCUT2D eigenvalue weighted by Gasteiger charge is -2.27. The summed E-state index contributed by atoms with van der Waals surface area (Å²) in [6.45, 7) is 5.80. The van der Waals surface area contributed by atoms with Crippen LogP contribution < -0.4 is 18.9 Å². The van der Waals surface area contributed by atoms with E-state index in [2.05, 4.69) is 0 Å². The summed E-state index contributed by atoms with van der Waals surface area (Å²) in [6.07, 6.45) is -1.67. The van der Waals surface area contributed by atoms with E-state index in [1.54, 1.807) is 26.0 Å². The van der Waals surface area contributed by atoms with Crippen molar-refractivity contribution in [2.75, 3.05) is 28.4 Å². The highest BCUT2D eigenvalue weighted by Crippen LogP contribution is 2.59. The minimum atomic E-state index is -0.765. The van der Waals surface area contributed by atoms with E-state index in [0.717, 1.165) is 0 Å². The van der Waals surface area contributed by atoms with Crippen LogP contribution in [0.1, 0.15) is 38.8 Å². The highest BCUT2D eigenvalue weighted by atomic mass is 16.5. The predicted octanol–water partition coefficient (Wildman–Crippen LogP) is 5.58. The summed E-state index contributed by atoms with van der Waals surface area (Å²) in [5.74, 6) is -2.11. The fourth-order valence-electron chi connectivity index (χ4n) is 6.62. The zero-order valence-electron chi connectivity index (χ0n) is 26.8. The third kappa shape index (κ3) is 4.84. The Hall–Kier alpha value is -5.26. The van der Waals surface area contributed by atoms with E-state index in [4.69, 9.17) is 28.4 Å². The largest absolute Gasteiger partial charge is 0.504 e. The Morgan fingerprint density at radius 3 is 1.11 bits per heavy atom. The van der Waals surface area contributed by atoms with Crippen LogP contribution in [-0.4, -0.2) is 73.0 Å². The first-order chi connectivity index (χ1) is 21.8. The molecule has 0 radical (unpaired) electrons. The quantitative estimate of drug-likeness (QED) is 0.0650. The molecule has 5 rings (SSSR count). The zero-order valence-corrected chi connectivity index (χ0v) is 26.8. The van der Waals surface area contributed by atoms with Gasteiger partial charge in [0.25, 0.3) is 0 Å². The van der Waals surface area contributed by atoms with Gasteiger partial charge >= 0.3 is 11.9 Å². The first kappa shape index (κ1) is 32.1. The number of rotatable bonds is 10. The van der Waals surface area contributed by atoms with E-state index in [1.807, 2.05) is 0 Å². The maximum absolute atomic E-state index is 11.9. The van der Waals surface area contributed by atoms with Gasteiger partial charge in [0.05, 0.1) is 39.2 Å². The normalized spacial score (nSPS) is 12.9. The predicted molar refractivity (Wildman–Crippen MR) is 170 cm³/mol. The van der Waals surface area contributed by atoms with Crippen LogP contribution in [0.3, 0.4) is 0 Å². The standard InChI is InChI=1S/C34H36O12/c1-13(45-15(3)35)9-17-23-24-18(10-14(2)46-16(4)36)32(38)34(40)28-22(44-8)12-20(42-6)26(30(24)28)25-19(41-5)11-21(43-7)27(29(23)25)33(39)31(17)37/h11-14,37-40H,9-10H2,1-8H3/t13-,14-/m1/s1. The molecular weight excluding hydrogens is 600 g/mol. The van der Waals surface area contributed by atoms with E-state index >= 15 is 0 Å². The summed E-state index contributed by atoms with van der Waals surface area (Å²) in [5, 5.41) is 49.0. The molecule has 0 saturated heterocycles. The zero-order chi connectivity index (χ0) is 33.8. The molecule has 0 aliphatic heterocycles. The number of aromatic hydroxyl groups is 4. The third-order valence-corrected chi connectivity index (χ3v) is 8.20. The number of phenols is 4. The summed E-state index contributed by atoms with van der Waals surface area (Å²) in [5.41, 5.74) is 0.353. The molecule has 5 aromatic carbocycles.